The molecule has 1 amide bonds. The molecule has 32 heavy (non-hydrogen) atoms. The highest BCUT2D eigenvalue weighted by Crippen LogP contribution is 2.31. The zero-order valence-corrected chi connectivity index (χ0v) is 18.8. The van der Waals surface area contributed by atoms with Crippen LogP contribution >= 0.6 is 11.6 Å². The van der Waals surface area contributed by atoms with E-state index in [1.54, 1.807) is 25.3 Å². The molecule has 2 atom stereocenters. The van der Waals surface area contributed by atoms with Crippen LogP contribution in [0.15, 0.2) is 79.0 Å². The first-order valence-corrected chi connectivity index (χ1v) is 10.9. The molecule has 0 spiro atoms. The Morgan fingerprint density at radius 3 is 2.59 bits per heavy atom. The summed E-state index contributed by atoms with van der Waals surface area (Å²) in [7, 11) is 1.56. The highest BCUT2D eigenvalue weighted by molar-refractivity contribution is 6.31. The molecule has 4 rings (SSSR count). The fourth-order valence-corrected chi connectivity index (χ4v) is 4.05. The Morgan fingerprint density at radius 2 is 1.81 bits per heavy atom. The van der Waals surface area contributed by atoms with Crippen LogP contribution in [0.2, 0.25) is 5.02 Å². The van der Waals surface area contributed by atoms with Gasteiger partial charge >= 0.3 is 0 Å². The third kappa shape index (κ3) is 4.79. The van der Waals surface area contributed by atoms with Crippen LogP contribution in [-0.4, -0.2) is 30.6 Å². The zero-order chi connectivity index (χ0) is 22.5. The standard InChI is InChI=1S/C26H26ClN3O2/c1-17(26(31)30-24-14-19(27)12-13-25(24)32-2)28-15-21(18-8-4-3-5-9-18)22-16-29-23-11-7-6-10-20(22)23/h3-14,16-17,21,28-29H,15H2,1-2H3,(H,30,31)/t17-,21+/m0/s1. The van der Waals surface area contributed by atoms with Crippen LogP contribution in [-0.2, 0) is 4.79 Å². The summed E-state index contributed by atoms with van der Waals surface area (Å²) in [4.78, 5) is 16.2. The van der Waals surface area contributed by atoms with Gasteiger partial charge in [0.15, 0.2) is 0 Å². The van der Waals surface area contributed by atoms with E-state index in [1.165, 1.54) is 16.5 Å². The third-order valence-electron chi connectivity index (χ3n) is 5.64. The summed E-state index contributed by atoms with van der Waals surface area (Å²) in [6.45, 7) is 2.46. The number of fused-ring (bicyclic) bond motifs is 1. The number of hydrogen-bond acceptors (Lipinski definition) is 3. The number of carbonyl (C=O) groups excluding carboxylic acids is 1. The maximum atomic E-state index is 12.9. The highest BCUT2D eigenvalue weighted by Gasteiger charge is 2.21. The fraction of sp³-hybridized carbons (Fsp3) is 0.192. The van der Waals surface area contributed by atoms with Crippen LogP contribution in [0.1, 0.15) is 24.0 Å². The third-order valence-corrected chi connectivity index (χ3v) is 5.87. The van der Waals surface area contributed by atoms with Crippen molar-refractivity contribution in [2.45, 2.75) is 18.9 Å². The van der Waals surface area contributed by atoms with Crippen molar-refractivity contribution in [3.05, 3.63) is 95.1 Å². The molecule has 0 aliphatic carbocycles. The van der Waals surface area contributed by atoms with Crippen molar-refractivity contribution in [2.75, 3.05) is 19.0 Å². The number of aromatic nitrogens is 1. The monoisotopic (exact) mass is 447 g/mol. The number of anilines is 1. The number of para-hydroxylation sites is 1. The Bertz CT molecular complexity index is 1210. The van der Waals surface area contributed by atoms with E-state index in [0.29, 0.717) is 23.0 Å². The summed E-state index contributed by atoms with van der Waals surface area (Å²) in [5.41, 5.74) is 4.04. The molecule has 3 aromatic carbocycles. The van der Waals surface area contributed by atoms with E-state index in [4.69, 9.17) is 16.3 Å². The maximum absolute atomic E-state index is 12.9. The minimum Gasteiger partial charge on any atom is -0.495 e. The number of carbonyl (C=O) groups is 1. The van der Waals surface area contributed by atoms with Crippen LogP contribution in [0.5, 0.6) is 5.75 Å². The zero-order valence-electron chi connectivity index (χ0n) is 18.1. The van der Waals surface area contributed by atoms with Gasteiger partial charge in [0.1, 0.15) is 5.75 Å². The lowest BCUT2D eigenvalue weighted by atomic mass is 9.90. The van der Waals surface area contributed by atoms with Crippen molar-refractivity contribution in [1.82, 2.24) is 10.3 Å². The topological polar surface area (TPSA) is 66.2 Å². The van der Waals surface area contributed by atoms with Gasteiger partial charge in [0, 0.05) is 34.6 Å². The Labute approximate surface area is 192 Å². The molecule has 0 saturated carbocycles. The van der Waals surface area contributed by atoms with Crippen LogP contribution < -0.4 is 15.4 Å². The van der Waals surface area contributed by atoms with Crippen molar-refractivity contribution >= 4 is 34.1 Å². The van der Waals surface area contributed by atoms with Crippen molar-refractivity contribution in [3.8, 4) is 5.75 Å². The lowest BCUT2D eigenvalue weighted by Gasteiger charge is -2.21. The summed E-state index contributed by atoms with van der Waals surface area (Å²) >= 11 is 6.09. The molecule has 0 saturated heterocycles. The molecule has 3 N–H and O–H groups in total. The molecule has 4 aromatic rings. The fourth-order valence-electron chi connectivity index (χ4n) is 3.88. The Morgan fingerprint density at radius 1 is 1.06 bits per heavy atom. The van der Waals surface area contributed by atoms with E-state index >= 15 is 0 Å². The number of hydrogen-bond donors (Lipinski definition) is 3. The molecule has 6 heteroatoms. The lowest BCUT2D eigenvalue weighted by molar-refractivity contribution is -0.117. The van der Waals surface area contributed by atoms with Crippen LogP contribution in [0, 0.1) is 0 Å². The highest BCUT2D eigenvalue weighted by atomic mass is 35.5. The molecule has 0 unspecified atom stereocenters. The smallest absolute Gasteiger partial charge is 0.241 e. The molecule has 0 bridgehead atoms. The Balaban J connectivity index is 1.52. The number of amides is 1. The summed E-state index contributed by atoms with van der Waals surface area (Å²) in [6, 6.07) is 23.3. The van der Waals surface area contributed by atoms with Gasteiger partial charge in [-0.25, -0.2) is 0 Å². The summed E-state index contributed by atoms with van der Waals surface area (Å²) in [5.74, 6) is 0.496. The second-order valence-electron chi connectivity index (χ2n) is 7.72. The maximum Gasteiger partial charge on any atom is 0.241 e. The molecule has 0 radical (unpaired) electrons. The van der Waals surface area contributed by atoms with E-state index < -0.39 is 6.04 Å². The van der Waals surface area contributed by atoms with Gasteiger partial charge in [0.05, 0.1) is 18.8 Å². The van der Waals surface area contributed by atoms with Crippen LogP contribution in [0.4, 0.5) is 5.69 Å². The van der Waals surface area contributed by atoms with Gasteiger partial charge < -0.3 is 20.4 Å². The SMILES string of the molecule is COc1ccc(Cl)cc1NC(=O)[C@H](C)NC[C@H](c1ccccc1)c1c[nH]c2ccccc12. The van der Waals surface area contributed by atoms with Crippen LogP contribution in [0.25, 0.3) is 10.9 Å². The van der Waals surface area contributed by atoms with E-state index in [0.717, 1.165) is 5.52 Å². The average Bonchev–Trinajstić information content (AvgIpc) is 3.24. The summed E-state index contributed by atoms with van der Waals surface area (Å²) in [5, 5.41) is 8.04. The van der Waals surface area contributed by atoms with Crippen LogP contribution in [0.3, 0.4) is 0 Å². The minimum atomic E-state index is -0.421. The number of ether oxygens (including phenoxy) is 1. The first-order chi connectivity index (χ1) is 15.6. The van der Waals surface area contributed by atoms with Gasteiger partial charge in [-0.3, -0.25) is 4.79 Å². The first kappa shape index (κ1) is 21.9. The van der Waals surface area contributed by atoms with E-state index in [-0.39, 0.29) is 11.8 Å². The Kier molecular flexibility index (Phi) is 6.78. The van der Waals surface area contributed by atoms with E-state index in [2.05, 4.69) is 46.1 Å². The van der Waals surface area contributed by atoms with Gasteiger partial charge in [-0.15, -0.1) is 0 Å². The van der Waals surface area contributed by atoms with Gasteiger partial charge in [0.25, 0.3) is 0 Å². The predicted molar refractivity (Wildman–Crippen MR) is 131 cm³/mol. The quantitative estimate of drug-likeness (QED) is 0.330. The van der Waals surface area contributed by atoms with Gasteiger partial charge in [-0.2, -0.15) is 0 Å². The van der Waals surface area contributed by atoms with Crippen molar-refractivity contribution in [2.24, 2.45) is 0 Å². The second kappa shape index (κ2) is 9.90. The number of rotatable bonds is 8. The summed E-state index contributed by atoms with van der Waals surface area (Å²) in [6.07, 6.45) is 2.06. The Hall–Kier alpha value is -3.28. The number of halogens is 1. The number of benzene rings is 3. The predicted octanol–water partition coefficient (Wildman–Crippen LogP) is 5.58. The molecule has 1 aromatic heterocycles. The molecule has 0 fully saturated rings. The average molecular weight is 448 g/mol. The van der Waals surface area contributed by atoms with Crippen molar-refractivity contribution in [1.29, 1.82) is 0 Å². The summed E-state index contributed by atoms with van der Waals surface area (Å²) < 4.78 is 5.33. The molecule has 164 valence electrons. The van der Waals surface area contributed by atoms with E-state index in [9.17, 15) is 4.79 Å². The molecule has 1 heterocycles. The first-order valence-electron chi connectivity index (χ1n) is 10.6. The largest absolute Gasteiger partial charge is 0.495 e. The minimum absolute atomic E-state index is 0.0864. The van der Waals surface area contributed by atoms with Gasteiger partial charge in [-0.05, 0) is 42.3 Å². The number of aromatic amines is 1. The normalized spacial score (nSPS) is 13.0. The number of methoxy groups -OCH3 is 1. The molecular formula is C26H26ClN3O2. The molecule has 5 nitrogen and oxygen atoms in total. The molecular weight excluding hydrogens is 422 g/mol. The van der Waals surface area contributed by atoms with Crippen molar-refractivity contribution < 1.29 is 9.53 Å². The van der Waals surface area contributed by atoms with Gasteiger partial charge in [0.2, 0.25) is 5.91 Å². The van der Waals surface area contributed by atoms with E-state index in [1.807, 2.05) is 37.3 Å². The molecule has 0 aliphatic heterocycles. The lowest BCUT2D eigenvalue weighted by Crippen LogP contribution is -2.40. The second-order valence-corrected chi connectivity index (χ2v) is 8.15. The van der Waals surface area contributed by atoms with Gasteiger partial charge in [-0.1, -0.05) is 60.1 Å². The van der Waals surface area contributed by atoms with Crippen molar-refractivity contribution in [3.63, 3.8) is 0 Å². The number of nitrogens with one attached hydrogen (secondary N) is 3. The molecule has 0 aliphatic rings. The number of H-pyrrole nitrogens is 1.